The third-order valence-electron chi connectivity index (χ3n) is 2.13. The first-order chi connectivity index (χ1) is 8.74. The summed E-state index contributed by atoms with van der Waals surface area (Å²) in [4.78, 5) is 0. The molecule has 1 rings (SSSR count). The lowest BCUT2D eigenvalue weighted by Gasteiger charge is -1.95. The largest absolute Gasteiger partial charge is 0.317 e. The van der Waals surface area contributed by atoms with E-state index in [1.54, 1.807) is 0 Å². The van der Waals surface area contributed by atoms with Crippen molar-refractivity contribution in [2.24, 2.45) is 0 Å². The van der Waals surface area contributed by atoms with Crippen LogP contribution in [-0.2, 0) is 0 Å². The fourth-order valence-electron chi connectivity index (χ4n) is 1.28. The Kier molecular flexibility index (Phi) is 17.0. The molecule has 1 aromatic carbocycles. The van der Waals surface area contributed by atoms with Gasteiger partial charge in [-0.3, -0.25) is 0 Å². The number of hydrogen-bond donors (Lipinski definition) is 1. The number of benzene rings is 1. The second-order valence-electron chi connectivity index (χ2n) is 3.87. The summed E-state index contributed by atoms with van der Waals surface area (Å²) >= 11 is 0. The highest BCUT2D eigenvalue weighted by Crippen LogP contribution is 2.03. The van der Waals surface area contributed by atoms with Crippen LogP contribution in [0, 0.1) is 6.92 Å². The number of rotatable bonds is 5. The fraction of sp³-hybridized carbons (Fsp3) is 0.529. The van der Waals surface area contributed by atoms with Gasteiger partial charge in [0.2, 0.25) is 0 Å². The molecule has 0 aliphatic rings. The average molecular weight is 249 g/mol. The first-order valence-corrected chi connectivity index (χ1v) is 7.14. The molecular weight excluding hydrogens is 218 g/mol. The highest BCUT2D eigenvalue weighted by Gasteiger charge is 1.83. The lowest BCUT2D eigenvalue weighted by molar-refractivity contribution is 0.662. The summed E-state index contributed by atoms with van der Waals surface area (Å²) in [5.74, 6) is 0. The van der Waals surface area contributed by atoms with Crippen molar-refractivity contribution in [1.29, 1.82) is 0 Å². The lowest BCUT2D eigenvalue weighted by Crippen LogP contribution is -2.14. The van der Waals surface area contributed by atoms with Crippen LogP contribution in [0.4, 0.5) is 0 Å². The van der Waals surface area contributed by atoms with Crippen molar-refractivity contribution in [2.45, 2.75) is 47.5 Å². The van der Waals surface area contributed by atoms with Crippen molar-refractivity contribution in [3.8, 4) is 0 Å². The predicted molar refractivity (Wildman–Crippen MR) is 86.1 cm³/mol. The van der Waals surface area contributed by atoms with Gasteiger partial charge in [-0.15, -0.1) is 0 Å². The van der Waals surface area contributed by atoms with Crippen LogP contribution >= 0.6 is 0 Å². The maximum atomic E-state index is 3.67. The summed E-state index contributed by atoms with van der Waals surface area (Å²) in [5, 5.41) is 3.28. The van der Waals surface area contributed by atoms with E-state index in [4.69, 9.17) is 0 Å². The van der Waals surface area contributed by atoms with Crippen molar-refractivity contribution in [3.63, 3.8) is 0 Å². The van der Waals surface area contributed by atoms with Gasteiger partial charge in [0.15, 0.2) is 0 Å². The third kappa shape index (κ3) is 13.0. The normalized spacial score (nSPS) is 8.50. The van der Waals surface area contributed by atoms with Crippen molar-refractivity contribution in [1.82, 2.24) is 5.32 Å². The van der Waals surface area contributed by atoms with Gasteiger partial charge in [0.25, 0.3) is 0 Å². The van der Waals surface area contributed by atoms with E-state index in [9.17, 15) is 0 Å². The molecule has 0 atom stereocenters. The van der Waals surface area contributed by atoms with E-state index in [1.807, 2.05) is 32.1 Å². The van der Waals surface area contributed by atoms with Gasteiger partial charge in [0, 0.05) is 0 Å². The van der Waals surface area contributed by atoms with E-state index in [2.05, 4.69) is 44.8 Å². The molecule has 0 unspecified atom stereocenters. The summed E-state index contributed by atoms with van der Waals surface area (Å²) in [5.41, 5.74) is 2.47. The second kappa shape index (κ2) is 15.9. The van der Waals surface area contributed by atoms with Crippen LogP contribution in [-0.4, -0.2) is 13.1 Å². The fourth-order valence-corrected chi connectivity index (χ4v) is 1.28. The summed E-state index contributed by atoms with van der Waals surface area (Å²) in [6.45, 7) is 16.5. The maximum Gasteiger partial charge on any atom is -0.00516 e. The average Bonchev–Trinajstić information content (AvgIpc) is 2.42. The molecule has 0 fully saturated rings. The molecule has 104 valence electrons. The molecule has 1 N–H and O–H groups in total. The summed E-state index contributed by atoms with van der Waals surface area (Å²) < 4.78 is 0. The molecule has 0 aliphatic heterocycles. The Labute approximate surface area is 114 Å². The first-order valence-electron chi connectivity index (χ1n) is 7.14. The Morgan fingerprint density at radius 3 is 2.00 bits per heavy atom. The molecular formula is C17H31N. The van der Waals surface area contributed by atoms with E-state index in [-0.39, 0.29) is 0 Å². The monoisotopic (exact) mass is 249 g/mol. The Bertz CT molecular complexity index is 275. The van der Waals surface area contributed by atoms with Gasteiger partial charge < -0.3 is 5.32 Å². The molecule has 0 aromatic heterocycles. The van der Waals surface area contributed by atoms with E-state index in [1.165, 1.54) is 37.1 Å². The molecule has 0 aliphatic carbocycles. The Morgan fingerprint density at radius 1 is 1.11 bits per heavy atom. The summed E-state index contributed by atoms with van der Waals surface area (Å²) in [6.07, 6.45) is 4.35. The third-order valence-corrected chi connectivity index (χ3v) is 2.13. The van der Waals surface area contributed by atoms with Gasteiger partial charge >= 0.3 is 0 Å². The Morgan fingerprint density at radius 2 is 1.67 bits per heavy atom. The van der Waals surface area contributed by atoms with Crippen molar-refractivity contribution < 1.29 is 0 Å². The topological polar surface area (TPSA) is 12.0 Å². The van der Waals surface area contributed by atoms with Crippen LogP contribution in [0.15, 0.2) is 30.8 Å². The highest BCUT2D eigenvalue weighted by atomic mass is 14.8. The minimum atomic E-state index is 1.17. The van der Waals surface area contributed by atoms with Crippen LogP contribution in [0.25, 0.3) is 6.08 Å². The van der Waals surface area contributed by atoms with Gasteiger partial charge in [-0.05, 0) is 38.4 Å². The zero-order chi connectivity index (χ0) is 14.2. The molecule has 0 spiro atoms. The summed E-state index contributed by atoms with van der Waals surface area (Å²) in [6, 6.07) is 8.26. The Balaban J connectivity index is 0. The SMILES string of the molecule is C=Cc1cccc(C)c1.CC.CCCNCCC. The van der Waals surface area contributed by atoms with Crippen LogP contribution in [0.3, 0.4) is 0 Å². The predicted octanol–water partition coefficient (Wildman–Crippen LogP) is 5.06. The molecule has 1 nitrogen and oxygen atoms in total. The molecule has 0 bridgehead atoms. The minimum absolute atomic E-state index is 1.17. The molecule has 1 heteroatoms. The quantitative estimate of drug-likeness (QED) is 0.719. The van der Waals surface area contributed by atoms with E-state index >= 15 is 0 Å². The Hall–Kier alpha value is -1.08. The van der Waals surface area contributed by atoms with E-state index < -0.39 is 0 Å². The van der Waals surface area contributed by atoms with Crippen LogP contribution in [0.1, 0.15) is 51.7 Å². The van der Waals surface area contributed by atoms with Crippen LogP contribution in [0.5, 0.6) is 0 Å². The zero-order valence-electron chi connectivity index (χ0n) is 12.9. The van der Waals surface area contributed by atoms with Gasteiger partial charge in [0.1, 0.15) is 0 Å². The standard InChI is InChI=1S/C9H10.C6H15N.C2H6/c1-3-9-6-4-5-8(2)7-9;1-3-5-7-6-4-2;1-2/h3-7H,1H2,2H3;7H,3-6H2,1-2H3;1-2H3. The van der Waals surface area contributed by atoms with Gasteiger partial charge in [-0.25, -0.2) is 0 Å². The van der Waals surface area contributed by atoms with E-state index in [0.29, 0.717) is 0 Å². The summed E-state index contributed by atoms with van der Waals surface area (Å²) in [7, 11) is 0. The number of aryl methyl sites for hydroxylation is 1. The number of hydrogen-bond acceptors (Lipinski definition) is 1. The van der Waals surface area contributed by atoms with Crippen molar-refractivity contribution >= 4 is 6.08 Å². The van der Waals surface area contributed by atoms with Crippen LogP contribution < -0.4 is 5.32 Å². The molecule has 0 radical (unpaired) electrons. The molecule has 0 amide bonds. The lowest BCUT2D eigenvalue weighted by atomic mass is 10.1. The highest BCUT2D eigenvalue weighted by molar-refractivity contribution is 5.47. The second-order valence-corrected chi connectivity index (χ2v) is 3.87. The van der Waals surface area contributed by atoms with Gasteiger partial charge in [0.05, 0.1) is 0 Å². The maximum absolute atomic E-state index is 3.67. The molecule has 18 heavy (non-hydrogen) atoms. The number of nitrogens with one attached hydrogen (secondary N) is 1. The zero-order valence-corrected chi connectivity index (χ0v) is 12.9. The molecule has 0 saturated heterocycles. The van der Waals surface area contributed by atoms with Crippen molar-refractivity contribution in [3.05, 3.63) is 42.0 Å². The van der Waals surface area contributed by atoms with Gasteiger partial charge in [-0.2, -0.15) is 0 Å². The first kappa shape index (κ1) is 19.3. The smallest absolute Gasteiger partial charge is 0.00516 e. The molecule has 0 saturated carbocycles. The molecule has 0 heterocycles. The van der Waals surface area contributed by atoms with Gasteiger partial charge in [-0.1, -0.05) is 70.2 Å². The minimum Gasteiger partial charge on any atom is -0.317 e. The van der Waals surface area contributed by atoms with Crippen molar-refractivity contribution in [2.75, 3.05) is 13.1 Å². The molecule has 1 aromatic rings. The van der Waals surface area contributed by atoms with Crippen LogP contribution in [0.2, 0.25) is 0 Å². The van der Waals surface area contributed by atoms with E-state index in [0.717, 1.165) is 0 Å².